The van der Waals surface area contributed by atoms with Crippen molar-refractivity contribution in [1.82, 2.24) is 24.5 Å². The number of rotatable bonds is 3. The number of anilines is 1. The second-order valence-electron chi connectivity index (χ2n) is 9.67. The zero-order valence-corrected chi connectivity index (χ0v) is 19.0. The molecule has 7 rings (SSSR count). The number of hydrogen-bond donors (Lipinski definition) is 0. The number of hydrogen-bond acceptors (Lipinski definition) is 6. The van der Waals surface area contributed by atoms with Crippen LogP contribution in [0.2, 0.25) is 5.02 Å². The summed E-state index contributed by atoms with van der Waals surface area (Å²) in [5, 5.41) is 10.7. The predicted octanol–water partition coefficient (Wildman–Crippen LogP) is 3.95. The molecule has 3 aliphatic heterocycles. The van der Waals surface area contributed by atoms with Gasteiger partial charge in [0.05, 0.1) is 53.9 Å². The first-order chi connectivity index (χ1) is 15.3. The normalized spacial score (nSPS) is 22.9. The van der Waals surface area contributed by atoms with E-state index >= 15 is 0 Å². The van der Waals surface area contributed by atoms with Crippen LogP contribution in [0.5, 0.6) is 0 Å². The van der Waals surface area contributed by atoms with Crippen molar-refractivity contribution in [3.8, 4) is 5.69 Å². The Morgan fingerprint density at radius 1 is 1.16 bits per heavy atom. The Balaban J connectivity index is 1.27. The summed E-state index contributed by atoms with van der Waals surface area (Å²) in [4.78, 5) is 16.3. The van der Waals surface area contributed by atoms with Crippen molar-refractivity contribution in [3.63, 3.8) is 0 Å². The van der Waals surface area contributed by atoms with Gasteiger partial charge in [-0.15, -0.1) is 0 Å². The van der Waals surface area contributed by atoms with E-state index in [-0.39, 0.29) is 18.5 Å². The Bertz CT molecular complexity index is 1200. The van der Waals surface area contributed by atoms with E-state index in [2.05, 4.69) is 15.1 Å². The van der Waals surface area contributed by atoms with Crippen LogP contribution < -0.4 is 4.90 Å². The van der Waals surface area contributed by atoms with Crippen molar-refractivity contribution < 1.29 is 14.3 Å². The maximum atomic E-state index is 12.5. The van der Waals surface area contributed by atoms with Crippen LogP contribution >= 0.6 is 11.6 Å². The fraction of sp³-hybridized carbons (Fsp3) is 0.500. The van der Waals surface area contributed by atoms with Gasteiger partial charge in [0.1, 0.15) is 11.3 Å². The molecule has 1 amide bonds. The van der Waals surface area contributed by atoms with Crippen LogP contribution in [0.1, 0.15) is 39.7 Å². The van der Waals surface area contributed by atoms with Gasteiger partial charge in [0.2, 0.25) is 0 Å². The highest BCUT2D eigenvalue weighted by atomic mass is 35.5. The van der Waals surface area contributed by atoms with Gasteiger partial charge in [-0.1, -0.05) is 11.6 Å². The highest BCUT2D eigenvalue weighted by Gasteiger charge is 2.49. The van der Waals surface area contributed by atoms with Crippen molar-refractivity contribution in [3.05, 3.63) is 35.7 Å². The molecule has 32 heavy (non-hydrogen) atoms. The fourth-order valence-corrected chi connectivity index (χ4v) is 4.62. The molecule has 5 heterocycles. The van der Waals surface area contributed by atoms with Crippen molar-refractivity contribution in [2.45, 2.75) is 57.7 Å². The lowest BCUT2D eigenvalue weighted by atomic mass is 10.1. The lowest BCUT2D eigenvalue weighted by Gasteiger charge is -2.56. The van der Waals surface area contributed by atoms with E-state index in [0.717, 1.165) is 22.3 Å². The molecular formula is C22H25ClN6O3. The van der Waals surface area contributed by atoms with Crippen molar-refractivity contribution in [1.29, 1.82) is 0 Å². The summed E-state index contributed by atoms with van der Waals surface area (Å²) >= 11 is 6.66. The second-order valence-corrected chi connectivity index (χ2v) is 10.1. The summed E-state index contributed by atoms with van der Waals surface area (Å²) in [5.41, 5.74) is 2.23. The van der Waals surface area contributed by atoms with E-state index in [1.807, 2.05) is 60.9 Å². The van der Waals surface area contributed by atoms with Crippen LogP contribution in [-0.2, 0) is 9.47 Å². The lowest BCUT2D eigenvalue weighted by molar-refractivity contribution is -0.171. The standard InChI is InChI=1S/C22H25ClN6O3/c1-22(2,3)32-21(30)26-11-19-28(20(12-26)31-19)18-7-17-13(6-16(18)23)8-25-29(17)15-9-24-27(10-15)14-4-5-14/h6-10,14,19-20H,4-5,11-12H2,1-3H3. The Labute approximate surface area is 190 Å². The first-order valence-corrected chi connectivity index (χ1v) is 11.3. The molecule has 0 spiro atoms. The highest BCUT2D eigenvalue weighted by Crippen LogP contribution is 2.41. The Hall–Kier alpha value is -2.78. The molecule has 3 aromatic rings. The molecule has 3 saturated heterocycles. The second kappa shape index (κ2) is 6.86. The van der Waals surface area contributed by atoms with Crippen LogP contribution in [0.15, 0.2) is 30.7 Å². The third kappa shape index (κ3) is 3.31. The third-order valence-corrected chi connectivity index (χ3v) is 6.31. The molecule has 10 heteroatoms. The van der Waals surface area contributed by atoms with Gasteiger partial charge in [0.25, 0.3) is 0 Å². The molecule has 2 unspecified atom stereocenters. The third-order valence-electron chi connectivity index (χ3n) is 6.01. The molecule has 9 nitrogen and oxygen atoms in total. The summed E-state index contributed by atoms with van der Waals surface area (Å²) in [6.07, 6.45) is 7.23. The number of carbonyl (C=O) groups excluding carboxylic acids is 1. The molecule has 1 saturated carbocycles. The van der Waals surface area contributed by atoms with Crippen LogP contribution in [0.3, 0.4) is 0 Å². The summed E-state index contributed by atoms with van der Waals surface area (Å²) < 4.78 is 15.4. The summed E-state index contributed by atoms with van der Waals surface area (Å²) in [6, 6.07) is 4.49. The van der Waals surface area contributed by atoms with Crippen LogP contribution in [0, 0.1) is 0 Å². The van der Waals surface area contributed by atoms with Crippen molar-refractivity contribution in [2.75, 3.05) is 18.0 Å². The number of ether oxygens (including phenoxy) is 2. The molecule has 4 fully saturated rings. The predicted molar refractivity (Wildman–Crippen MR) is 119 cm³/mol. The van der Waals surface area contributed by atoms with E-state index < -0.39 is 5.60 Å². The first-order valence-electron chi connectivity index (χ1n) is 10.9. The van der Waals surface area contributed by atoms with Crippen molar-refractivity contribution in [2.24, 2.45) is 0 Å². The van der Waals surface area contributed by atoms with Gasteiger partial charge in [0, 0.05) is 5.39 Å². The van der Waals surface area contributed by atoms with Crippen LogP contribution in [0.25, 0.3) is 16.6 Å². The largest absolute Gasteiger partial charge is 0.444 e. The zero-order valence-electron chi connectivity index (χ0n) is 18.2. The van der Waals surface area contributed by atoms with Gasteiger partial charge in [-0.2, -0.15) is 10.2 Å². The zero-order chi connectivity index (χ0) is 22.2. The number of piperazine rings is 1. The molecule has 1 aliphatic carbocycles. The van der Waals surface area contributed by atoms with Gasteiger partial charge in [-0.3, -0.25) is 9.58 Å². The van der Waals surface area contributed by atoms with E-state index in [1.165, 1.54) is 12.8 Å². The molecule has 0 radical (unpaired) electrons. The number of morpholine rings is 1. The number of aromatic nitrogens is 4. The van der Waals surface area contributed by atoms with Gasteiger partial charge < -0.3 is 14.4 Å². The van der Waals surface area contributed by atoms with E-state index in [0.29, 0.717) is 24.2 Å². The van der Waals surface area contributed by atoms with Gasteiger partial charge >= 0.3 is 6.09 Å². The minimum atomic E-state index is -0.528. The Morgan fingerprint density at radius 3 is 2.59 bits per heavy atom. The van der Waals surface area contributed by atoms with Gasteiger partial charge in [-0.25, -0.2) is 9.48 Å². The maximum Gasteiger partial charge on any atom is 0.410 e. The molecule has 2 bridgehead atoms. The number of fused-ring (bicyclic) bond motifs is 3. The smallest absolute Gasteiger partial charge is 0.410 e. The number of halogens is 1. The summed E-state index contributed by atoms with van der Waals surface area (Å²) in [5.74, 6) is 0. The van der Waals surface area contributed by atoms with Gasteiger partial charge in [0.15, 0.2) is 12.5 Å². The number of benzene rings is 1. The minimum absolute atomic E-state index is 0.259. The number of nitrogens with zero attached hydrogens (tertiary/aromatic N) is 6. The number of carbonyl (C=O) groups is 1. The molecule has 2 atom stereocenters. The monoisotopic (exact) mass is 456 g/mol. The SMILES string of the molecule is CC(C)(C)OC(=O)N1CC2OC(C1)N2c1cc2c(cnn2-c2cnn(C3CC3)c2)cc1Cl. The molecule has 0 N–H and O–H groups in total. The average Bonchev–Trinajstić information content (AvgIpc) is 3.32. The molecule has 168 valence electrons. The van der Waals surface area contributed by atoms with Crippen molar-refractivity contribution >= 4 is 34.3 Å². The summed E-state index contributed by atoms with van der Waals surface area (Å²) in [7, 11) is 0. The molecule has 2 aromatic heterocycles. The van der Waals surface area contributed by atoms with E-state index in [9.17, 15) is 4.79 Å². The Kier molecular flexibility index (Phi) is 4.26. The number of amides is 1. The molecular weight excluding hydrogens is 432 g/mol. The van der Waals surface area contributed by atoms with Crippen LogP contribution in [-0.4, -0.2) is 61.7 Å². The lowest BCUT2D eigenvalue weighted by Crippen LogP contribution is -2.72. The average molecular weight is 457 g/mol. The van der Waals surface area contributed by atoms with E-state index in [1.54, 1.807) is 4.90 Å². The molecule has 1 aromatic carbocycles. The fourth-order valence-electron chi connectivity index (χ4n) is 4.35. The van der Waals surface area contributed by atoms with E-state index in [4.69, 9.17) is 21.1 Å². The van der Waals surface area contributed by atoms with Crippen LogP contribution in [0.4, 0.5) is 10.5 Å². The summed E-state index contributed by atoms with van der Waals surface area (Å²) in [6.45, 7) is 6.45. The Morgan fingerprint density at radius 2 is 1.91 bits per heavy atom. The van der Waals surface area contributed by atoms with Gasteiger partial charge in [-0.05, 0) is 45.7 Å². The quantitative estimate of drug-likeness (QED) is 0.594. The first kappa shape index (κ1) is 19.9. The maximum absolute atomic E-state index is 12.5. The molecule has 4 aliphatic rings. The topological polar surface area (TPSA) is 77.7 Å². The minimum Gasteiger partial charge on any atom is -0.444 e. The highest BCUT2D eigenvalue weighted by molar-refractivity contribution is 6.34.